The van der Waals surface area contributed by atoms with Crippen molar-refractivity contribution in [2.45, 2.75) is 57.7 Å². The van der Waals surface area contributed by atoms with Crippen LogP contribution < -0.4 is 32.7 Å². The van der Waals surface area contributed by atoms with E-state index in [4.69, 9.17) is 16.9 Å². The van der Waals surface area contributed by atoms with Crippen molar-refractivity contribution < 1.29 is 24.3 Å². The first kappa shape index (κ1) is 28.4. The molecule has 0 radical (unpaired) electrons. The molecular weight excluding hydrogens is 446 g/mol. The number of rotatable bonds is 15. The molecule has 0 unspecified atom stereocenters. The van der Waals surface area contributed by atoms with E-state index in [2.05, 4.69) is 31.2 Å². The molecule has 14 nitrogen and oxygen atoms in total. The Bertz CT molecular complexity index is 830. The van der Waals surface area contributed by atoms with Gasteiger partial charge in [-0.1, -0.05) is 20.3 Å². The maximum absolute atomic E-state index is 12.7. The number of imidazole rings is 1. The minimum Gasteiger partial charge on any atom is -0.480 e. The molecule has 0 fully saturated rings. The summed E-state index contributed by atoms with van der Waals surface area (Å²) in [6.45, 7) is 3.45. The van der Waals surface area contributed by atoms with Crippen LogP contribution in [0.3, 0.4) is 0 Å². The Kier molecular flexibility index (Phi) is 12.1. The number of H-pyrrole nitrogens is 1. The van der Waals surface area contributed by atoms with Crippen molar-refractivity contribution >= 4 is 29.7 Å². The highest BCUT2D eigenvalue weighted by Gasteiger charge is 2.29. The average molecular weight is 482 g/mol. The fraction of sp³-hybridized carbons (Fsp3) is 0.600. The second kappa shape index (κ2) is 14.5. The number of carboxylic acids is 1. The van der Waals surface area contributed by atoms with E-state index < -0.39 is 48.4 Å². The SMILES string of the molecule is CC[C@H](C)[C@H](NC(=O)[C@@H](N)Cc1c[nH]cn1)C(=O)NCC(=O)N[C@@H](CCCNC(=N)N)C(=O)O. The normalized spacial score (nSPS) is 14.2. The van der Waals surface area contributed by atoms with Crippen molar-refractivity contribution in [1.29, 1.82) is 5.41 Å². The van der Waals surface area contributed by atoms with Crippen LogP contribution in [0.1, 0.15) is 38.8 Å². The van der Waals surface area contributed by atoms with Crippen molar-refractivity contribution in [2.24, 2.45) is 17.4 Å². The van der Waals surface area contributed by atoms with Crippen molar-refractivity contribution in [2.75, 3.05) is 13.1 Å². The summed E-state index contributed by atoms with van der Waals surface area (Å²) in [6, 6.07) is -3.01. The third kappa shape index (κ3) is 10.3. The predicted octanol–water partition coefficient (Wildman–Crippen LogP) is -2.24. The Hall–Kier alpha value is -3.68. The van der Waals surface area contributed by atoms with Gasteiger partial charge in [0.25, 0.3) is 0 Å². The summed E-state index contributed by atoms with van der Waals surface area (Å²) in [4.78, 5) is 55.6. The molecule has 0 aliphatic rings. The van der Waals surface area contributed by atoms with Crippen LogP contribution in [0.25, 0.3) is 0 Å². The molecule has 190 valence electrons. The first-order valence-electron chi connectivity index (χ1n) is 11.0. The number of aromatic nitrogens is 2. The van der Waals surface area contributed by atoms with Crippen LogP contribution in [-0.4, -0.2) is 75.9 Å². The Morgan fingerprint density at radius 1 is 1.21 bits per heavy atom. The Morgan fingerprint density at radius 3 is 2.47 bits per heavy atom. The van der Waals surface area contributed by atoms with E-state index in [1.165, 1.54) is 6.33 Å². The van der Waals surface area contributed by atoms with E-state index in [9.17, 15) is 24.3 Å². The fourth-order valence-corrected chi connectivity index (χ4v) is 2.99. The summed E-state index contributed by atoms with van der Waals surface area (Å²) in [6.07, 6.45) is 4.31. The lowest BCUT2D eigenvalue weighted by Crippen LogP contribution is -2.56. The van der Waals surface area contributed by atoms with Gasteiger partial charge < -0.3 is 42.8 Å². The van der Waals surface area contributed by atoms with Crippen molar-refractivity contribution in [1.82, 2.24) is 31.2 Å². The number of guanidine groups is 1. The number of amides is 3. The number of aliphatic carboxylic acids is 1. The second-order valence-electron chi connectivity index (χ2n) is 7.90. The molecule has 0 aliphatic carbocycles. The van der Waals surface area contributed by atoms with Gasteiger partial charge in [-0.05, 0) is 18.8 Å². The maximum Gasteiger partial charge on any atom is 0.326 e. The molecule has 0 aromatic carbocycles. The molecule has 11 N–H and O–H groups in total. The topological polar surface area (TPSA) is 241 Å². The van der Waals surface area contributed by atoms with Gasteiger partial charge >= 0.3 is 5.97 Å². The second-order valence-corrected chi connectivity index (χ2v) is 7.90. The highest BCUT2D eigenvalue weighted by molar-refractivity contribution is 5.92. The number of nitrogens with zero attached hydrogens (tertiary/aromatic N) is 1. The monoisotopic (exact) mass is 481 g/mol. The van der Waals surface area contributed by atoms with Crippen molar-refractivity contribution in [3.05, 3.63) is 18.2 Å². The van der Waals surface area contributed by atoms with Crippen LogP contribution in [0.5, 0.6) is 0 Å². The van der Waals surface area contributed by atoms with Gasteiger partial charge in [-0.15, -0.1) is 0 Å². The van der Waals surface area contributed by atoms with Gasteiger partial charge in [0.15, 0.2) is 5.96 Å². The lowest BCUT2D eigenvalue weighted by atomic mass is 9.97. The van der Waals surface area contributed by atoms with E-state index in [1.807, 2.05) is 6.92 Å². The third-order valence-corrected chi connectivity index (χ3v) is 5.16. The molecular formula is C20H35N9O5. The quantitative estimate of drug-likeness (QED) is 0.0745. The first-order chi connectivity index (χ1) is 16.0. The summed E-state index contributed by atoms with van der Waals surface area (Å²) in [5.74, 6) is -3.50. The zero-order chi connectivity index (χ0) is 25.7. The summed E-state index contributed by atoms with van der Waals surface area (Å²) in [7, 11) is 0. The molecule has 0 saturated heterocycles. The van der Waals surface area contributed by atoms with Crippen LogP contribution in [0.4, 0.5) is 0 Å². The highest BCUT2D eigenvalue weighted by Crippen LogP contribution is 2.09. The lowest BCUT2D eigenvalue weighted by Gasteiger charge is -2.25. The molecule has 0 bridgehead atoms. The van der Waals surface area contributed by atoms with Gasteiger partial charge in [0, 0.05) is 19.2 Å². The molecule has 1 rings (SSSR count). The van der Waals surface area contributed by atoms with Crippen LogP contribution in [0, 0.1) is 11.3 Å². The Morgan fingerprint density at radius 2 is 1.91 bits per heavy atom. The minimum absolute atomic E-state index is 0.106. The predicted molar refractivity (Wildman–Crippen MR) is 123 cm³/mol. The molecule has 1 aromatic heterocycles. The van der Waals surface area contributed by atoms with Gasteiger partial charge in [-0.3, -0.25) is 19.8 Å². The Labute approximate surface area is 197 Å². The summed E-state index contributed by atoms with van der Waals surface area (Å²) in [5.41, 5.74) is 11.7. The van der Waals surface area contributed by atoms with Crippen LogP contribution >= 0.6 is 0 Å². The molecule has 0 spiro atoms. The van der Waals surface area contributed by atoms with Gasteiger partial charge in [0.05, 0.1) is 24.6 Å². The van der Waals surface area contributed by atoms with E-state index in [-0.39, 0.29) is 31.3 Å². The molecule has 34 heavy (non-hydrogen) atoms. The summed E-state index contributed by atoms with van der Waals surface area (Å²) in [5, 5.41) is 26.3. The molecule has 0 saturated carbocycles. The van der Waals surface area contributed by atoms with Crippen LogP contribution in [0.2, 0.25) is 0 Å². The number of carboxylic acid groups (broad SMARTS) is 1. The van der Waals surface area contributed by atoms with Crippen molar-refractivity contribution in [3.63, 3.8) is 0 Å². The zero-order valence-electron chi connectivity index (χ0n) is 19.4. The maximum atomic E-state index is 12.7. The number of nitrogens with one attached hydrogen (secondary N) is 6. The van der Waals surface area contributed by atoms with Crippen LogP contribution in [-0.2, 0) is 25.6 Å². The fourth-order valence-electron chi connectivity index (χ4n) is 2.99. The van der Waals surface area contributed by atoms with E-state index in [0.717, 1.165) is 0 Å². The number of carbonyl (C=O) groups is 4. The van der Waals surface area contributed by atoms with E-state index >= 15 is 0 Å². The van der Waals surface area contributed by atoms with E-state index in [1.54, 1.807) is 13.1 Å². The Balaban J connectivity index is 2.60. The molecule has 0 aliphatic heterocycles. The molecule has 4 atom stereocenters. The molecule has 14 heteroatoms. The highest BCUT2D eigenvalue weighted by atomic mass is 16.4. The van der Waals surface area contributed by atoms with Crippen molar-refractivity contribution in [3.8, 4) is 0 Å². The zero-order valence-corrected chi connectivity index (χ0v) is 19.4. The van der Waals surface area contributed by atoms with E-state index in [0.29, 0.717) is 18.5 Å². The van der Waals surface area contributed by atoms with Gasteiger partial charge in [0.1, 0.15) is 12.1 Å². The summed E-state index contributed by atoms with van der Waals surface area (Å²) < 4.78 is 0. The number of aromatic amines is 1. The number of hydrogen-bond donors (Lipinski definition) is 9. The van der Waals surface area contributed by atoms with Crippen LogP contribution in [0.15, 0.2) is 12.5 Å². The largest absolute Gasteiger partial charge is 0.480 e. The third-order valence-electron chi connectivity index (χ3n) is 5.16. The number of nitrogens with two attached hydrogens (primary N) is 2. The molecule has 1 aromatic rings. The smallest absolute Gasteiger partial charge is 0.326 e. The first-order valence-corrected chi connectivity index (χ1v) is 11.0. The molecule has 1 heterocycles. The number of hydrogen-bond acceptors (Lipinski definition) is 7. The average Bonchev–Trinajstić information content (AvgIpc) is 3.29. The van der Waals surface area contributed by atoms with Gasteiger partial charge in [0.2, 0.25) is 17.7 Å². The van der Waals surface area contributed by atoms with Gasteiger partial charge in [-0.2, -0.15) is 0 Å². The standard InChI is InChI=1S/C20H35N9O5/c1-3-11(2)16(29-17(31)13(21)7-12-8-24-10-27-12)18(32)26-9-15(30)28-14(19(33)34)5-4-6-25-20(22)23/h8,10-11,13-14,16H,3-7,9,21H2,1-2H3,(H,24,27)(H,26,32)(H,28,30)(H,29,31)(H,33,34)(H4,22,23,25)/t11-,13-,14-,16-/m0/s1. The minimum atomic E-state index is -1.22. The van der Waals surface area contributed by atoms with Gasteiger partial charge in [-0.25, -0.2) is 9.78 Å². The summed E-state index contributed by atoms with van der Waals surface area (Å²) >= 11 is 0. The lowest BCUT2D eigenvalue weighted by molar-refractivity contribution is -0.142. The molecule has 3 amide bonds. The number of carbonyl (C=O) groups excluding carboxylic acids is 3.